The molecule has 1 saturated heterocycles. The minimum absolute atomic E-state index is 0.156. The highest BCUT2D eigenvalue weighted by molar-refractivity contribution is 7.92. The first-order chi connectivity index (χ1) is 11.7. The molecule has 2 rings (SSSR count). The van der Waals surface area contributed by atoms with Crippen LogP contribution in [0, 0.1) is 0 Å². The maximum absolute atomic E-state index is 12.2. The van der Waals surface area contributed by atoms with Gasteiger partial charge in [-0.1, -0.05) is 25.1 Å². The number of aliphatic imine (C=N–C) groups is 1. The number of guanidine groups is 1. The highest BCUT2D eigenvalue weighted by atomic mass is 32.2. The Labute approximate surface area is 151 Å². The number of sulfone groups is 1. The lowest BCUT2D eigenvalue weighted by Crippen LogP contribution is -2.57. The molecule has 0 spiro atoms. The molecule has 1 N–H and O–H groups in total. The molecule has 1 aromatic carbocycles. The van der Waals surface area contributed by atoms with Gasteiger partial charge < -0.3 is 15.0 Å². The van der Waals surface area contributed by atoms with Crippen LogP contribution in [0.3, 0.4) is 0 Å². The Kier molecular flexibility index (Phi) is 5.98. The molecule has 1 aliphatic rings. The first kappa shape index (κ1) is 19.6. The van der Waals surface area contributed by atoms with E-state index in [0.29, 0.717) is 19.6 Å². The average molecular weight is 368 g/mol. The van der Waals surface area contributed by atoms with Crippen LogP contribution < -0.4 is 10.1 Å². The summed E-state index contributed by atoms with van der Waals surface area (Å²) in [6, 6.07) is 7.97. The van der Waals surface area contributed by atoms with Crippen molar-refractivity contribution < 1.29 is 13.2 Å². The van der Waals surface area contributed by atoms with Crippen molar-refractivity contribution in [2.45, 2.75) is 31.4 Å². The van der Waals surface area contributed by atoms with Crippen LogP contribution >= 0.6 is 0 Å². The fourth-order valence-electron chi connectivity index (χ4n) is 3.08. The molecule has 1 heterocycles. The Morgan fingerprint density at radius 3 is 2.68 bits per heavy atom. The summed E-state index contributed by atoms with van der Waals surface area (Å²) in [6.07, 6.45) is 0. The summed E-state index contributed by atoms with van der Waals surface area (Å²) in [5.74, 6) is 2.00. The van der Waals surface area contributed by atoms with Crippen molar-refractivity contribution in [3.05, 3.63) is 29.8 Å². The second-order valence-electron chi connectivity index (χ2n) is 7.07. The van der Waals surface area contributed by atoms with E-state index in [1.54, 1.807) is 28.0 Å². The van der Waals surface area contributed by atoms with Crippen molar-refractivity contribution in [1.29, 1.82) is 0 Å². The van der Waals surface area contributed by atoms with Crippen molar-refractivity contribution in [2.75, 3.05) is 39.5 Å². The smallest absolute Gasteiger partial charge is 0.193 e. The number of benzene rings is 1. The fraction of sp³-hybridized carbons (Fsp3) is 0.611. The first-order valence-corrected chi connectivity index (χ1v) is 10.2. The minimum atomic E-state index is -3.06. The molecule has 6 nitrogen and oxygen atoms in total. The number of hydrogen-bond donors (Lipinski definition) is 1. The van der Waals surface area contributed by atoms with Gasteiger partial charge >= 0.3 is 0 Å². The van der Waals surface area contributed by atoms with Crippen LogP contribution in [0.2, 0.25) is 0 Å². The van der Waals surface area contributed by atoms with Crippen molar-refractivity contribution in [3.8, 4) is 5.75 Å². The van der Waals surface area contributed by atoms with Gasteiger partial charge in [0.25, 0.3) is 0 Å². The van der Waals surface area contributed by atoms with Gasteiger partial charge in [-0.3, -0.25) is 4.99 Å². The summed E-state index contributed by atoms with van der Waals surface area (Å²) in [5.41, 5.74) is 1.13. The van der Waals surface area contributed by atoms with E-state index in [-0.39, 0.29) is 11.7 Å². The number of nitrogens with zero attached hydrogens (tertiary/aromatic N) is 2. The number of nitrogens with one attached hydrogen (secondary N) is 1. The Hall–Kier alpha value is -1.76. The third kappa shape index (κ3) is 4.26. The standard InChI is InChI=1S/C18H29N3O3S/c1-14(15-8-6-7-9-16(15)24-5)12-20-17(19-4)21-10-11-25(22,23)18(2,3)13-21/h6-9,14H,10-13H2,1-5H3,(H,19,20). The van der Waals surface area contributed by atoms with Gasteiger partial charge in [0.2, 0.25) is 0 Å². The molecule has 1 fully saturated rings. The van der Waals surface area contributed by atoms with Gasteiger partial charge in [-0.2, -0.15) is 0 Å². The summed E-state index contributed by atoms with van der Waals surface area (Å²) < 4.78 is 29.0. The van der Waals surface area contributed by atoms with Gasteiger partial charge in [0.05, 0.1) is 17.6 Å². The van der Waals surface area contributed by atoms with Crippen LogP contribution in [0.25, 0.3) is 0 Å². The van der Waals surface area contributed by atoms with Crippen LogP contribution in [0.5, 0.6) is 5.75 Å². The molecule has 1 aromatic rings. The molecule has 0 bridgehead atoms. The molecule has 1 aliphatic heterocycles. The summed E-state index contributed by atoms with van der Waals surface area (Å²) >= 11 is 0. The molecule has 0 aliphatic carbocycles. The lowest BCUT2D eigenvalue weighted by Gasteiger charge is -2.39. The molecule has 0 saturated carbocycles. The van der Waals surface area contributed by atoms with E-state index in [1.165, 1.54) is 0 Å². The van der Waals surface area contributed by atoms with Crippen LogP contribution in [0.15, 0.2) is 29.3 Å². The van der Waals surface area contributed by atoms with E-state index in [9.17, 15) is 8.42 Å². The Bertz CT molecular complexity index is 729. The fourth-order valence-corrected chi connectivity index (χ4v) is 4.45. The van der Waals surface area contributed by atoms with Crippen molar-refractivity contribution in [1.82, 2.24) is 10.2 Å². The number of methoxy groups -OCH3 is 1. The van der Waals surface area contributed by atoms with Gasteiger partial charge in [0, 0.05) is 32.6 Å². The number of rotatable bonds is 4. The summed E-state index contributed by atoms with van der Waals surface area (Å²) in [7, 11) is 0.343. The predicted molar refractivity (Wildman–Crippen MR) is 102 cm³/mol. The Morgan fingerprint density at radius 2 is 2.08 bits per heavy atom. The van der Waals surface area contributed by atoms with Gasteiger partial charge in [0.1, 0.15) is 5.75 Å². The molecule has 0 aromatic heterocycles. The van der Waals surface area contributed by atoms with Crippen LogP contribution in [-0.4, -0.2) is 63.6 Å². The van der Waals surface area contributed by atoms with E-state index in [2.05, 4.69) is 23.3 Å². The quantitative estimate of drug-likeness (QED) is 0.650. The molecule has 140 valence electrons. The zero-order valence-corrected chi connectivity index (χ0v) is 16.6. The van der Waals surface area contributed by atoms with E-state index >= 15 is 0 Å². The van der Waals surface area contributed by atoms with Crippen molar-refractivity contribution in [3.63, 3.8) is 0 Å². The second-order valence-corrected chi connectivity index (χ2v) is 9.81. The highest BCUT2D eigenvalue weighted by Crippen LogP contribution is 2.26. The largest absolute Gasteiger partial charge is 0.496 e. The number of hydrogen-bond acceptors (Lipinski definition) is 4. The maximum Gasteiger partial charge on any atom is 0.193 e. The van der Waals surface area contributed by atoms with E-state index in [1.807, 2.05) is 23.1 Å². The Balaban J connectivity index is 2.04. The number of para-hydroxylation sites is 1. The Morgan fingerprint density at radius 1 is 1.40 bits per heavy atom. The molecule has 1 atom stereocenters. The summed E-state index contributed by atoms with van der Waals surface area (Å²) in [5, 5.41) is 3.38. The number of ether oxygens (including phenoxy) is 1. The van der Waals surface area contributed by atoms with Crippen LogP contribution in [0.1, 0.15) is 32.3 Å². The lowest BCUT2D eigenvalue weighted by molar-refractivity contribution is 0.352. The van der Waals surface area contributed by atoms with Crippen molar-refractivity contribution in [2.24, 2.45) is 4.99 Å². The topological polar surface area (TPSA) is 71.0 Å². The average Bonchev–Trinajstić information content (AvgIpc) is 2.58. The SMILES string of the molecule is CN=C(NCC(C)c1ccccc1OC)N1CCS(=O)(=O)C(C)(C)C1. The highest BCUT2D eigenvalue weighted by Gasteiger charge is 2.40. The zero-order chi connectivity index (χ0) is 18.7. The second kappa shape index (κ2) is 7.64. The van der Waals surface area contributed by atoms with E-state index in [4.69, 9.17) is 4.74 Å². The summed E-state index contributed by atoms with van der Waals surface area (Å²) in [6.45, 7) is 7.28. The molecule has 7 heteroatoms. The third-order valence-corrected chi connectivity index (χ3v) is 7.32. The van der Waals surface area contributed by atoms with E-state index in [0.717, 1.165) is 17.3 Å². The molecular formula is C18H29N3O3S. The molecule has 0 radical (unpaired) electrons. The van der Waals surface area contributed by atoms with Gasteiger partial charge in [-0.05, 0) is 25.5 Å². The lowest BCUT2D eigenvalue weighted by atomic mass is 10.0. The molecule has 0 amide bonds. The van der Waals surface area contributed by atoms with Crippen LogP contribution in [-0.2, 0) is 9.84 Å². The molecule has 25 heavy (non-hydrogen) atoms. The third-order valence-electron chi connectivity index (χ3n) is 4.79. The monoisotopic (exact) mass is 367 g/mol. The maximum atomic E-state index is 12.2. The van der Waals surface area contributed by atoms with Crippen LogP contribution in [0.4, 0.5) is 0 Å². The normalized spacial score (nSPS) is 20.8. The predicted octanol–water partition coefficient (Wildman–Crippen LogP) is 1.88. The first-order valence-electron chi connectivity index (χ1n) is 8.52. The molecular weight excluding hydrogens is 338 g/mol. The van der Waals surface area contributed by atoms with Gasteiger partial charge in [0.15, 0.2) is 15.8 Å². The molecule has 1 unspecified atom stereocenters. The van der Waals surface area contributed by atoms with E-state index < -0.39 is 14.6 Å². The summed E-state index contributed by atoms with van der Waals surface area (Å²) in [4.78, 5) is 6.36. The van der Waals surface area contributed by atoms with Gasteiger partial charge in [-0.15, -0.1) is 0 Å². The minimum Gasteiger partial charge on any atom is -0.496 e. The van der Waals surface area contributed by atoms with Crippen molar-refractivity contribution >= 4 is 15.8 Å². The zero-order valence-electron chi connectivity index (χ0n) is 15.7. The van der Waals surface area contributed by atoms with Gasteiger partial charge in [-0.25, -0.2) is 8.42 Å².